The van der Waals surface area contributed by atoms with Gasteiger partial charge in [0.15, 0.2) is 29.0 Å². The van der Waals surface area contributed by atoms with E-state index in [1.165, 1.54) is 0 Å². The molecular formula is C16H9F5N2O7S. The number of rotatable bonds is 7. The van der Waals surface area contributed by atoms with Gasteiger partial charge in [-0.2, -0.15) is 0 Å². The molecule has 0 unspecified atom stereocenters. The number of hydrogen-bond acceptors (Lipinski definition) is 7. The van der Waals surface area contributed by atoms with Gasteiger partial charge in [0.1, 0.15) is 0 Å². The Hall–Kier alpha value is -3.62. The Morgan fingerprint density at radius 2 is 1.52 bits per heavy atom. The number of sulfone groups is 1. The predicted octanol–water partition coefficient (Wildman–Crippen LogP) is 3.49. The van der Waals surface area contributed by atoms with E-state index in [2.05, 4.69) is 0 Å². The Kier molecular flexibility index (Phi) is 6.58. The fourth-order valence-corrected chi connectivity index (χ4v) is 3.68. The quantitative estimate of drug-likeness (QED) is 0.200. The molecule has 0 saturated carbocycles. The maximum Gasteiger partial charge on any atom is 0.360 e. The summed E-state index contributed by atoms with van der Waals surface area (Å²) in [6.45, 7) is 0. The molecule has 0 aliphatic carbocycles. The van der Waals surface area contributed by atoms with Crippen LogP contribution in [-0.2, 0) is 15.6 Å². The first-order valence-electron chi connectivity index (χ1n) is 7.73. The van der Waals surface area contributed by atoms with Gasteiger partial charge in [-0.05, 0) is 11.6 Å². The number of hydrogen-bond donors (Lipinski definition) is 0. The first-order chi connectivity index (χ1) is 14.3. The first kappa shape index (κ1) is 23.7. The monoisotopic (exact) mass is 468 g/mol. The van der Waals surface area contributed by atoms with Crippen LogP contribution in [0.3, 0.4) is 0 Å². The van der Waals surface area contributed by atoms with Crippen LogP contribution in [-0.4, -0.2) is 25.4 Å². The van der Waals surface area contributed by atoms with Crippen LogP contribution >= 0.6 is 0 Å². The van der Waals surface area contributed by atoms with Gasteiger partial charge in [0.05, 0.1) is 28.3 Å². The van der Waals surface area contributed by atoms with Crippen molar-refractivity contribution in [2.24, 2.45) is 0 Å². The van der Waals surface area contributed by atoms with E-state index in [9.17, 15) is 50.6 Å². The summed E-state index contributed by atoms with van der Waals surface area (Å²) in [6.07, 6.45) is -0.316. The Balaban J connectivity index is 2.62. The smallest absolute Gasteiger partial charge is 0.360 e. The highest BCUT2D eigenvalue weighted by atomic mass is 32.2. The lowest BCUT2D eigenvalue weighted by molar-refractivity contribution is -0.410. The van der Waals surface area contributed by atoms with Crippen molar-refractivity contribution >= 4 is 21.6 Å². The zero-order valence-electron chi connectivity index (χ0n) is 15.1. The summed E-state index contributed by atoms with van der Waals surface area (Å²) in [7, 11) is -3.98. The molecule has 0 amide bonds. The molecule has 0 radical (unpaired) electrons. The fraction of sp³-hybridized carbons (Fsp3) is 0.125. The van der Waals surface area contributed by atoms with E-state index in [0.717, 1.165) is 25.3 Å². The minimum atomic E-state index is -5.08. The molecule has 2 aromatic carbocycles. The molecule has 0 aliphatic heterocycles. The minimum Gasteiger partial charge on any atom is -0.490 e. The molecule has 0 spiro atoms. The Morgan fingerprint density at radius 1 is 1.00 bits per heavy atom. The molecule has 166 valence electrons. The van der Waals surface area contributed by atoms with Crippen molar-refractivity contribution in [1.29, 1.82) is 0 Å². The van der Waals surface area contributed by atoms with E-state index in [0.29, 0.717) is 0 Å². The van der Waals surface area contributed by atoms with Gasteiger partial charge in [-0.1, -0.05) is 6.07 Å². The summed E-state index contributed by atoms with van der Waals surface area (Å²) < 4.78 is 96.9. The summed E-state index contributed by atoms with van der Waals surface area (Å²) in [5.74, 6) is -13.9. The molecule has 0 atom stereocenters. The van der Waals surface area contributed by atoms with Gasteiger partial charge in [0, 0.05) is 12.1 Å². The van der Waals surface area contributed by atoms with Crippen molar-refractivity contribution in [3.63, 3.8) is 0 Å². The SMILES string of the molecule is COc1ccc(CS(=O)(=O)/C(=C\c2c(F)c(F)c(F)c(F)c2F)[N+](=O)[O-])cc1[N+](=O)[O-]. The van der Waals surface area contributed by atoms with Gasteiger partial charge in [-0.3, -0.25) is 20.2 Å². The van der Waals surface area contributed by atoms with Crippen LogP contribution in [0.2, 0.25) is 0 Å². The van der Waals surface area contributed by atoms with Gasteiger partial charge < -0.3 is 4.74 Å². The number of nitro groups is 2. The predicted molar refractivity (Wildman–Crippen MR) is 93.5 cm³/mol. The van der Waals surface area contributed by atoms with Crippen LogP contribution in [0.15, 0.2) is 23.2 Å². The van der Waals surface area contributed by atoms with Crippen LogP contribution in [0.4, 0.5) is 27.6 Å². The van der Waals surface area contributed by atoms with E-state index in [4.69, 9.17) is 4.74 Å². The molecule has 0 fully saturated rings. The zero-order chi connectivity index (χ0) is 23.7. The van der Waals surface area contributed by atoms with Crippen LogP contribution in [0.25, 0.3) is 6.08 Å². The molecule has 0 aromatic heterocycles. The molecule has 31 heavy (non-hydrogen) atoms. The Labute approximate surface area is 169 Å². The van der Waals surface area contributed by atoms with E-state index in [-0.39, 0.29) is 17.4 Å². The Morgan fingerprint density at radius 3 is 1.97 bits per heavy atom. The van der Waals surface area contributed by atoms with Crippen LogP contribution < -0.4 is 4.74 Å². The maximum atomic E-state index is 13.8. The van der Waals surface area contributed by atoms with Gasteiger partial charge in [0.25, 0.3) is 0 Å². The molecule has 2 aromatic rings. The van der Waals surface area contributed by atoms with Gasteiger partial charge in [-0.15, -0.1) is 0 Å². The molecular weight excluding hydrogens is 459 g/mol. The van der Waals surface area contributed by atoms with Crippen molar-refractivity contribution < 1.29 is 45.0 Å². The minimum absolute atomic E-state index is 0.252. The lowest BCUT2D eigenvalue weighted by Crippen LogP contribution is -2.15. The average Bonchev–Trinajstić information content (AvgIpc) is 2.69. The second-order valence-corrected chi connectivity index (χ2v) is 7.68. The number of nitro benzene ring substituents is 1. The summed E-state index contributed by atoms with van der Waals surface area (Å²) in [5, 5.41) is 20.3. The van der Waals surface area contributed by atoms with E-state index < -0.39 is 70.8 Å². The van der Waals surface area contributed by atoms with Crippen molar-refractivity contribution in [2.75, 3.05) is 7.11 Å². The van der Waals surface area contributed by atoms with Crippen LogP contribution in [0, 0.1) is 49.3 Å². The molecule has 0 heterocycles. The van der Waals surface area contributed by atoms with Crippen molar-refractivity contribution in [3.05, 3.63) is 83.7 Å². The molecule has 0 bridgehead atoms. The highest BCUT2D eigenvalue weighted by molar-refractivity contribution is 7.94. The molecule has 0 N–H and O–H groups in total. The number of ether oxygens (including phenoxy) is 1. The maximum absolute atomic E-state index is 13.8. The third-order valence-corrected chi connectivity index (χ3v) is 5.42. The summed E-state index contributed by atoms with van der Waals surface area (Å²) in [6, 6.07) is 2.74. The van der Waals surface area contributed by atoms with E-state index in [1.54, 1.807) is 0 Å². The number of nitrogens with zero attached hydrogens (tertiary/aromatic N) is 2. The zero-order valence-corrected chi connectivity index (χ0v) is 15.9. The van der Waals surface area contributed by atoms with Crippen LogP contribution in [0.1, 0.15) is 11.1 Å². The molecule has 0 aliphatic rings. The van der Waals surface area contributed by atoms with Crippen molar-refractivity contribution in [1.82, 2.24) is 0 Å². The highest BCUT2D eigenvalue weighted by Gasteiger charge is 2.33. The largest absolute Gasteiger partial charge is 0.490 e. The van der Waals surface area contributed by atoms with Crippen molar-refractivity contribution in [3.8, 4) is 5.75 Å². The number of benzene rings is 2. The second kappa shape index (κ2) is 8.63. The summed E-state index contributed by atoms with van der Waals surface area (Å²) in [5.41, 5.74) is -2.87. The molecule has 0 saturated heterocycles. The standard InChI is InChI=1S/C16H9F5N2O7S/c1-30-10-3-2-7(4-9(10)22(24)25)6-31(28,29)11(23(26)27)5-8-12(17)14(19)16(21)15(20)13(8)18/h2-5H,6H2,1H3/b11-5-. The van der Waals surface area contributed by atoms with Crippen molar-refractivity contribution in [2.45, 2.75) is 5.75 Å². The first-order valence-corrected chi connectivity index (χ1v) is 9.38. The Bertz CT molecular complexity index is 1200. The fourth-order valence-electron chi connectivity index (χ4n) is 2.39. The highest BCUT2D eigenvalue weighted by Crippen LogP contribution is 2.30. The van der Waals surface area contributed by atoms with E-state index >= 15 is 0 Å². The lowest BCUT2D eigenvalue weighted by atomic mass is 10.1. The number of halogens is 5. The normalized spacial score (nSPS) is 12.0. The van der Waals surface area contributed by atoms with E-state index in [1.807, 2.05) is 0 Å². The summed E-state index contributed by atoms with van der Waals surface area (Å²) in [4.78, 5) is 19.7. The number of methoxy groups -OCH3 is 1. The topological polar surface area (TPSA) is 130 Å². The average molecular weight is 468 g/mol. The third-order valence-electron chi connectivity index (χ3n) is 3.81. The van der Waals surface area contributed by atoms with Gasteiger partial charge >= 0.3 is 10.7 Å². The second-order valence-electron chi connectivity index (χ2n) is 5.75. The molecule has 15 heteroatoms. The van der Waals surface area contributed by atoms with Gasteiger partial charge in [0.2, 0.25) is 15.7 Å². The molecule has 2 rings (SSSR count). The molecule has 9 nitrogen and oxygen atoms in total. The van der Waals surface area contributed by atoms with Crippen LogP contribution in [0.5, 0.6) is 5.75 Å². The van der Waals surface area contributed by atoms with Gasteiger partial charge in [-0.25, -0.2) is 30.4 Å². The lowest BCUT2D eigenvalue weighted by Gasteiger charge is -2.07. The summed E-state index contributed by atoms with van der Waals surface area (Å²) >= 11 is 0. The third kappa shape index (κ3) is 4.60.